The highest BCUT2D eigenvalue weighted by molar-refractivity contribution is 5.80. The maximum Gasteiger partial charge on any atom is 0.260 e. The van der Waals surface area contributed by atoms with Crippen LogP contribution in [0, 0.1) is 5.92 Å². The molecule has 0 unspecified atom stereocenters. The van der Waals surface area contributed by atoms with Crippen LogP contribution in [0.15, 0.2) is 0 Å². The van der Waals surface area contributed by atoms with Crippen LogP contribution in [0.5, 0.6) is 0 Å². The van der Waals surface area contributed by atoms with E-state index in [9.17, 15) is 4.79 Å². The molecule has 1 fully saturated rings. The Labute approximate surface area is 79.0 Å². The predicted octanol–water partition coefficient (Wildman–Crippen LogP) is 0.442. The standard InChI is InChI=1S/C9H18N2O2/c1-7(2)6-13-11-9(12)8-4-3-5-10-8/h7-8,10H,3-6H2,1-2H3,(H,11,12)/t8-/m1/s1. The molecule has 0 saturated carbocycles. The summed E-state index contributed by atoms with van der Waals surface area (Å²) in [6.45, 7) is 5.58. The summed E-state index contributed by atoms with van der Waals surface area (Å²) >= 11 is 0. The maximum absolute atomic E-state index is 11.3. The highest BCUT2D eigenvalue weighted by Crippen LogP contribution is 2.04. The first-order valence-corrected chi connectivity index (χ1v) is 4.85. The van der Waals surface area contributed by atoms with E-state index in [1.54, 1.807) is 0 Å². The molecule has 0 aliphatic carbocycles. The fraction of sp³-hybridized carbons (Fsp3) is 0.889. The number of rotatable bonds is 4. The molecule has 1 aliphatic rings. The molecule has 0 bridgehead atoms. The van der Waals surface area contributed by atoms with Crippen molar-refractivity contribution in [2.45, 2.75) is 32.7 Å². The van der Waals surface area contributed by atoms with Crippen LogP contribution >= 0.6 is 0 Å². The van der Waals surface area contributed by atoms with Gasteiger partial charge in [0.1, 0.15) is 0 Å². The van der Waals surface area contributed by atoms with Gasteiger partial charge in [0.15, 0.2) is 0 Å². The lowest BCUT2D eigenvalue weighted by atomic mass is 10.2. The van der Waals surface area contributed by atoms with Crippen molar-refractivity contribution in [3.05, 3.63) is 0 Å². The molecule has 4 heteroatoms. The SMILES string of the molecule is CC(C)CONC(=O)[C@H]1CCCN1. The van der Waals surface area contributed by atoms with E-state index in [4.69, 9.17) is 4.84 Å². The summed E-state index contributed by atoms with van der Waals surface area (Å²) in [7, 11) is 0. The fourth-order valence-electron chi connectivity index (χ4n) is 1.26. The number of hydrogen-bond donors (Lipinski definition) is 2. The van der Waals surface area contributed by atoms with Gasteiger partial charge < -0.3 is 5.32 Å². The molecule has 0 aromatic heterocycles. The third-order valence-corrected chi connectivity index (χ3v) is 1.97. The molecular weight excluding hydrogens is 168 g/mol. The lowest BCUT2D eigenvalue weighted by molar-refractivity contribution is -0.136. The zero-order valence-corrected chi connectivity index (χ0v) is 8.30. The van der Waals surface area contributed by atoms with Gasteiger partial charge in [-0.15, -0.1) is 0 Å². The minimum Gasteiger partial charge on any atom is -0.306 e. The normalized spacial score (nSPS) is 22.2. The van der Waals surface area contributed by atoms with Crippen LogP contribution in [-0.4, -0.2) is 25.1 Å². The van der Waals surface area contributed by atoms with E-state index in [-0.39, 0.29) is 11.9 Å². The van der Waals surface area contributed by atoms with Gasteiger partial charge >= 0.3 is 0 Å². The van der Waals surface area contributed by atoms with Gasteiger partial charge in [-0.1, -0.05) is 13.8 Å². The third-order valence-electron chi connectivity index (χ3n) is 1.97. The second-order valence-corrected chi connectivity index (χ2v) is 3.82. The van der Waals surface area contributed by atoms with Gasteiger partial charge in [0.05, 0.1) is 12.6 Å². The minimum absolute atomic E-state index is 0.0434. The molecule has 1 saturated heterocycles. The van der Waals surface area contributed by atoms with Crippen LogP contribution in [0.4, 0.5) is 0 Å². The second-order valence-electron chi connectivity index (χ2n) is 3.82. The van der Waals surface area contributed by atoms with Gasteiger partial charge in [0, 0.05) is 0 Å². The van der Waals surface area contributed by atoms with Crippen molar-refractivity contribution in [2.24, 2.45) is 5.92 Å². The lowest BCUT2D eigenvalue weighted by Crippen LogP contribution is -2.40. The Kier molecular flexibility index (Phi) is 4.18. The van der Waals surface area contributed by atoms with Crippen molar-refractivity contribution in [1.29, 1.82) is 0 Å². The predicted molar refractivity (Wildman–Crippen MR) is 50.0 cm³/mol. The monoisotopic (exact) mass is 186 g/mol. The zero-order valence-electron chi connectivity index (χ0n) is 8.30. The highest BCUT2D eigenvalue weighted by atomic mass is 16.7. The Morgan fingerprint density at radius 1 is 1.69 bits per heavy atom. The van der Waals surface area contributed by atoms with Crippen LogP contribution in [0.3, 0.4) is 0 Å². The largest absolute Gasteiger partial charge is 0.306 e. The summed E-state index contributed by atoms with van der Waals surface area (Å²) in [5, 5.41) is 3.10. The molecule has 13 heavy (non-hydrogen) atoms. The molecule has 2 N–H and O–H groups in total. The van der Waals surface area contributed by atoms with E-state index < -0.39 is 0 Å². The minimum atomic E-state index is -0.0489. The number of hydroxylamine groups is 1. The van der Waals surface area contributed by atoms with Crippen molar-refractivity contribution in [2.75, 3.05) is 13.2 Å². The summed E-state index contributed by atoms with van der Waals surface area (Å²) in [5.41, 5.74) is 2.45. The highest BCUT2D eigenvalue weighted by Gasteiger charge is 2.21. The summed E-state index contributed by atoms with van der Waals surface area (Å²) in [6, 6.07) is -0.0489. The van der Waals surface area contributed by atoms with Gasteiger partial charge in [-0.3, -0.25) is 9.63 Å². The number of hydrogen-bond acceptors (Lipinski definition) is 3. The van der Waals surface area contributed by atoms with Gasteiger partial charge in [-0.25, -0.2) is 5.48 Å². The first-order valence-electron chi connectivity index (χ1n) is 4.85. The summed E-state index contributed by atoms with van der Waals surface area (Å²) < 4.78 is 0. The van der Waals surface area contributed by atoms with E-state index in [0.29, 0.717) is 12.5 Å². The molecule has 0 spiro atoms. The topological polar surface area (TPSA) is 50.4 Å². The quantitative estimate of drug-likeness (QED) is 0.626. The summed E-state index contributed by atoms with van der Waals surface area (Å²) in [5.74, 6) is 0.398. The number of nitrogens with one attached hydrogen (secondary N) is 2. The molecule has 1 amide bonds. The van der Waals surface area contributed by atoms with Crippen molar-refractivity contribution in [1.82, 2.24) is 10.8 Å². The second kappa shape index (κ2) is 5.19. The molecule has 1 rings (SSSR count). The van der Waals surface area contributed by atoms with E-state index in [2.05, 4.69) is 10.8 Å². The lowest BCUT2D eigenvalue weighted by Gasteiger charge is -2.11. The van der Waals surface area contributed by atoms with Crippen LogP contribution in [-0.2, 0) is 9.63 Å². The van der Waals surface area contributed by atoms with E-state index >= 15 is 0 Å². The average Bonchev–Trinajstić information content (AvgIpc) is 2.55. The molecule has 0 radical (unpaired) electrons. The van der Waals surface area contributed by atoms with Crippen molar-refractivity contribution < 1.29 is 9.63 Å². The van der Waals surface area contributed by atoms with Crippen LogP contribution in [0.25, 0.3) is 0 Å². The van der Waals surface area contributed by atoms with Gasteiger partial charge in [0.2, 0.25) is 0 Å². The number of carbonyl (C=O) groups is 1. The Balaban J connectivity index is 2.10. The smallest absolute Gasteiger partial charge is 0.260 e. The molecule has 1 heterocycles. The van der Waals surface area contributed by atoms with Gasteiger partial charge in [-0.05, 0) is 25.3 Å². The molecule has 76 valence electrons. The van der Waals surface area contributed by atoms with Crippen molar-refractivity contribution >= 4 is 5.91 Å². The van der Waals surface area contributed by atoms with Gasteiger partial charge in [-0.2, -0.15) is 0 Å². The van der Waals surface area contributed by atoms with E-state index in [1.807, 2.05) is 13.8 Å². The Morgan fingerprint density at radius 2 is 2.46 bits per heavy atom. The molecule has 0 aromatic carbocycles. The summed E-state index contributed by atoms with van der Waals surface area (Å²) in [4.78, 5) is 16.4. The van der Waals surface area contributed by atoms with Gasteiger partial charge in [0.25, 0.3) is 5.91 Å². The molecular formula is C9H18N2O2. The first-order chi connectivity index (χ1) is 6.20. The fourth-order valence-corrected chi connectivity index (χ4v) is 1.26. The Hall–Kier alpha value is -0.610. The number of amides is 1. The van der Waals surface area contributed by atoms with Crippen LogP contribution < -0.4 is 10.8 Å². The zero-order chi connectivity index (χ0) is 9.68. The third kappa shape index (κ3) is 3.74. The Bertz CT molecular complexity index is 165. The first kappa shape index (κ1) is 10.5. The number of carbonyl (C=O) groups excluding carboxylic acids is 1. The summed E-state index contributed by atoms with van der Waals surface area (Å²) in [6.07, 6.45) is 1.99. The average molecular weight is 186 g/mol. The molecule has 4 nitrogen and oxygen atoms in total. The van der Waals surface area contributed by atoms with E-state index in [1.165, 1.54) is 0 Å². The van der Waals surface area contributed by atoms with E-state index in [0.717, 1.165) is 19.4 Å². The van der Waals surface area contributed by atoms with Crippen molar-refractivity contribution in [3.63, 3.8) is 0 Å². The maximum atomic E-state index is 11.3. The molecule has 1 aliphatic heterocycles. The van der Waals surface area contributed by atoms with Crippen LogP contribution in [0.2, 0.25) is 0 Å². The Morgan fingerprint density at radius 3 is 3.00 bits per heavy atom. The molecule has 1 atom stereocenters. The molecule has 0 aromatic rings. The van der Waals surface area contributed by atoms with Crippen molar-refractivity contribution in [3.8, 4) is 0 Å². The van der Waals surface area contributed by atoms with Crippen LogP contribution in [0.1, 0.15) is 26.7 Å².